The third kappa shape index (κ3) is 72.2. The van der Waals surface area contributed by atoms with Crippen LogP contribution in [0.2, 0.25) is 0 Å². The predicted molar refractivity (Wildman–Crippen MR) is 395 cm³/mol. The Labute approximate surface area is 594 Å². The molecule has 2 unspecified atom stereocenters. The maximum atomic E-state index is 13.1. The van der Waals surface area contributed by atoms with Gasteiger partial charge in [-0.3, -0.25) is 37.3 Å². The predicted octanol–water partition coefficient (Wildman–Crippen LogP) is 23.3. The monoisotopic (exact) mass is 1420 g/mol. The summed E-state index contributed by atoms with van der Waals surface area (Å²) in [5.41, 5.74) is 0. The highest BCUT2D eigenvalue weighted by atomic mass is 31.2. The van der Waals surface area contributed by atoms with Crippen LogP contribution in [0.4, 0.5) is 0 Å². The zero-order chi connectivity index (χ0) is 71.2. The third-order valence-corrected chi connectivity index (χ3v) is 20.2. The molecule has 3 N–H and O–H groups in total. The molecule has 0 aliphatic heterocycles. The van der Waals surface area contributed by atoms with Gasteiger partial charge in [0.15, 0.2) is 12.2 Å². The smallest absolute Gasteiger partial charge is 0.462 e. The fourth-order valence-electron chi connectivity index (χ4n) is 12.1. The van der Waals surface area contributed by atoms with E-state index in [9.17, 15) is 43.2 Å². The molecule has 0 fully saturated rings. The van der Waals surface area contributed by atoms with Crippen LogP contribution in [0, 0.1) is 5.92 Å². The maximum absolute atomic E-state index is 13.1. The van der Waals surface area contributed by atoms with E-state index in [0.717, 1.165) is 95.8 Å². The molecule has 0 heterocycles. The number of hydrogen-bond acceptors (Lipinski definition) is 15. The lowest BCUT2D eigenvalue weighted by atomic mass is 10.0. The van der Waals surface area contributed by atoms with Crippen molar-refractivity contribution in [2.24, 2.45) is 5.92 Å². The van der Waals surface area contributed by atoms with Crippen molar-refractivity contribution in [3.8, 4) is 0 Å². The molecule has 17 nitrogen and oxygen atoms in total. The van der Waals surface area contributed by atoms with Crippen LogP contribution in [0.3, 0.4) is 0 Å². The first kappa shape index (κ1) is 95.1. The summed E-state index contributed by atoms with van der Waals surface area (Å²) in [6.07, 6.45) is 60.9. The van der Waals surface area contributed by atoms with E-state index in [1.165, 1.54) is 238 Å². The number of phosphoric acid groups is 2. The quantitative estimate of drug-likeness (QED) is 0.0222. The number of ether oxygens (including phenoxy) is 4. The SMILES string of the molecule is CCCCCCCCCCCCCCCCCCCC(=O)O[C@H](COC(=O)CCCCCCCCCCCCCCCCCC)COP(=O)(O)OC[C@@H](O)COP(=O)(O)OC[C@@H](COC(=O)CCCCCCCCCCCCCC)OC(=O)CCCCCCCCCCCC(C)C. The Hall–Kier alpha value is -1.94. The van der Waals surface area contributed by atoms with Crippen LogP contribution < -0.4 is 0 Å². The largest absolute Gasteiger partial charge is 0.472 e. The standard InChI is InChI=1S/C78H152O17P2/c1-6-9-12-15-18-21-24-27-29-31-33-35-38-43-48-53-58-63-77(82)94-73(67-89-76(81)62-57-52-47-42-37-34-32-30-28-25-22-19-16-13-10-7-2)69-92-96(84,85)90-65-72(79)66-91-97(86,87)93-70-74(95-78(83)64-59-54-49-44-39-40-45-50-55-60-71(4)5)68-88-75(80)61-56-51-46-41-36-26-23-20-17-14-11-8-3/h71-74,79H,6-70H2,1-5H3,(H,84,85)(H,86,87)/t72-,73-,74-/m1/s1. The molecular weight excluding hydrogens is 1270 g/mol. The molecule has 97 heavy (non-hydrogen) atoms. The molecule has 576 valence electrons. The average molecular weight is 1420 g/mol. The molecule has 0 aromatic rings. The second-order valence-electron chi connectivity index (χ2n) is 28.6. The molecular formula is C78H152O17P2. The van der Waals surface area contributed by atoms with Gasteiger partial charge in [0.05, 0.1) is 26.4 Å². The molecule has 0 aliphatic carbocycles. The van der Waals surface area contributed by atoms with Gasteiger partial charge in [-0.1, -0.05) is 362 Å². The molecule has 0 saturated carbocycles. The lowest BCUT2D eigenvalue weighted by molar-refractivity contribution is -0.161. The van der Waals surface area contributed by atoms with Crippen molar-refractivity contribution in [2.75, 3.05) is 39.6 Å². The molecule has 0 rings (SSSR count). The minimum Gasteiger partial charge on any atom is -0.462 e. The molecule has 0 aromatic carbocycles. The van der Waals surface area contributed by atoms with E-state index < -0.39 is 97.5 Å². The minimum atomic E-state index is -4.96. The number of hydrogen-bond donors (Lipinski definition) is 3. The Kier molecular flexibility index (Phi) is 69.6. The van der Waals surface area contributed by atoms with Crippen LogP contribution in [0.1, 0.15) is 413 Å². The van der Waals surface area contributed by atoms with Crippen molar-refractivity contribution < 1.29 is 80.2 Å². The Morgan fingerprint density at radius 1 is 0.278 bits per heavy atom. The van der Waals surface area contributed by atoms with Gasteiger partial charge in [-0.15, -0.1) is 0 Å². The van der Waals surface area contributed by atoms with Gasteiger partial charge in [-0.25, -0.2) is 9.13 Å². The number of esters is 4. The molecule has 19 heteroatoms. The summed E-state index contributed by atoms with van der Waals surface area (Å²) in [5, 5.41) is 10.6. The Morgan fingerprint density at radius 3 is 0.701 bits per heavy atom. The van der Waals surface area contributed by atoms with Gasteiger partial charge in [-0.2, -0.15) is 0 Å². The molecule has 0 radical (unpaired) electrons. The fourth-order valence-corrected chi connectivity index (χ4v) is 13.6. The Bertz CT molecular complexity index is 1860. The van der Waals surface area contributed by atoms with Gasteiger partial charge in [0.25, 0.3) is 0 Å². The normalized spacial score (nSPS) is 13.9. The summed E-state index contributed by atoms with van der Waals surface area (Å²) in [4.78, 5) is 72.9. The number of unbranched alkanes of at least 4 members (excludes halogenated alkanes) is 50. The van der Waals surface area contributed by atoms with E-state index in [2.05, 4.69) is 34.6 Å². The zero-order valence-electron chi connectivity index (χ0n) is 63.2. The molecule has 0 saturated heterocycles. The first-order valence-electron chi connectivity index (χ1n) is 40.6. The van der Waals surface area contributed by atoms with E-state index in [1.54, 1.807) is 0 Å². The zero-order valence-corrected chi connectivity index (χ0v) is 65.0. The van der Waals surface area contributed by atoms with Crippen molar-refractivity contribution >= 4 is 39.5 Å². The second kappa shape index (κ2) is 71.1. The fraction of sp³-hybridized carbons (Fsp3) is 0.949. The highest BCUT2D eigenvalue weighted by Crippen LogP contribution is 2.45. The van der Waals surface area contributed by atoms with Crippen LogP contribution >= 0.6 is 15.6 Å². The minimum absolute atomic E-state index is 0.106. The molecule has 5 atom stereocenters. The lowest BCUT2D eigenvalue weighted by Crippen LogP contribution is -2.30. The molecule has 0 amide bonds. The molecule has 0 aromatic heterocycles. The van der Waals surface area contributed by atoms with Crippen LogP contribution in [0.15, 0.2) is 0 Å². The van der Waals surface area contributed by atoms with Gasteiger partial charge in [0.2, 0.25) is 0 Å². The van der Waals surface area contributed by atoms with Gasteiger partial charge in [0.1, 0.15) is 19.3 Å². The van der Waals surface area contributed by atoms with Crippen molar-refractivity contribution in [1.29, 1.82) is 0 Å². The Morgan fingerprint density at radius 2 is 0.474 bits per heavy atom. The van der Waals surface area contributed by atoms with Crippen LogP contribution in [-0.2, 0) is 65.4 Å². The average Bonchev–Trinajstić information content (AvgIpc) is 1.56. The van der Waals surface area contributed by atoms with Crippen molar-refractivity contribution in [2.45, 2.75) is 432 Å². The number of rotatable bonds is 78. The van der Waals surface area contributed by atoms with E-state index in [-0.39, 0.29) is 25.7 Å². The van der Waals surface area contributed by atoms with Crippen LogP contribution in [0.25, 0.3) is 0 Å². The Balaban J connectivity index is 5.25. The van der Waals surface area contributed by atoms with Gasteiger partial charge >= 0.3 is 39.5 Å². The number of carbonyl (C=O) groups is 4. The summed E-state index contributed by atoms with van der Waals surface area (Å²) in [7, 11) is -9.91. The van der Waals surface area contributed by atoms with Gasteiger partial charge in [-0.05, 0) is 31.6 Å². The molecule has 0 spiro atoms. The topological polar surface area (TPSA) is 237 Å². The number of aliphatic hydroxyl groups is 1. The summed E-state index contributed by atoms with van der Waals surface area (Å²) >= 11 is 0. The first-order chi connectivity index (χ1) is 47.0. The summed E-state index contributed by atoms with van der Waals surface area (Å²) in [6.45, 7) is 7.29. The molecule has 0 bridgehead atoms. The van der Waals surface area contributed by atoms with Crippen molar-refractivity contribution in [3.63, 3.8) is 0 Å². The second-order valence-corrected chi connectivity index (χ2v) is 31.5. The number of phosphoric ester groups is 2. The van der Waals surface area contributed by atoms with Crippen molar-refractivity contribution in [3.05, 3.63) is 0 Å². The third-order valence-electron chi connectivity index (χ3n) is 18.3. The highest BCUT2D eigenvalue weighted by Gasteiger charge is 2.30. The van der Waals surface area contributed by atoms with E-state index in [4.69, 9.17) is 37.0 Å². The van der Waals surface area contributed by atoms with E-state index in [0.29, 0.717) is 25.7 Å². The van der Waals surface area contributed by atoms with Crippen LogP contribution in [0.5, 0.6) is 0 Å². The molecule has 0 aliphatic rings. The van der Waals surface area contributed by atoms with E-state index >= 15 is 0 Å². The van der Waals surface area contributed by atoms with Gasteiger partial charge in [0, 0.05) is 25.7 Å². The number of aliphatic hydroxyl groups excluding tert-OH is 1. The summed E-state index contributed by atoms with van der Waals surface area (Å²) in [5.74, 6) is -1.37. The maximum Gasteiger partial charge on any atom is 0.472 e. The van der Waals surface area contributed by atoms with Crippen molar-refractivity contribution in [1.82, 2.24) is 0 Å². The van der Waals surface area contributed by atoms with Crippen LogP contribution in [-0.4, -0.2) is 96.7 Å². The first-order valence-corrected chi connectivity index (χ1v) is 43.6. The highest BCUT2D eigenvalue weighted by molar-refractivity contribution is 7.47. The summed E-state index contributed by atoms with van der Waals surface area (Å²) < 4.78 is 68.6. The lowest BCUT2D eigenvalue weighted by Gasteiger charge is -2.21. The number of carbonyl (C=O) groups excluding carboxylic acids is 4. The van der Waals surface area contributed by atoms with E-state index in [1.807, 2.05) is 0 Å². The summed E-state index contributed by atoms with van der Waals surface area (Å²) in [6, 6.07) is 0. The van der Waals surface area contributed by atoms with Gasteiger partial charge < -0.3 is 33.8 Å².